The summed E-state index contributed by atoms with van der Waals surface area (Å²) < 4.78 is 0. The van der Waals surface area contributed by atoms with Crippen LogP contribution in [0.2, 0.25) is 0 Å². The largest absolute Gasteiger partial charge is 0.477 e. The molecule has 1 N–H and O–H groups in total. The first-order chi connectivity index (χ1) is 12.2. The van der Waals surface area contributed by atoms with Crippen LogP contribution in [0.1, 0.15) is 79.9 Å². The first kappa shape index (κ1) is 19.6. The molecule has 0 bridgehead atoms. The zero-order valence-electron chi connectivity index (χ0n) is 16.9. The van der Waals surface area contributed by atoms with Gasteiger partial charge in [0, 0.05) is 23.5 Å². The molecule has 1 fully saturated rings. The molecule has 2 aliphatic rings. The van der Waals surface area contributed by atoms with Crippen molar-refractivity contribution in [3.8, 4) is 0 Å². The van der Waals surface area contributed by atoms with Gasteiger partial charge in [-0.1, -0.05) is 46.1 Å². The quantitative estimate of drug-likeness (QED) is 0.741. The van der Waals surface area contributed by atoms with Gasteiger partial charge in [0.2, 0.25) is 0 Å². The van der Waals surface area contributed by atoms with Gasteiger partial charge in [-0.05, 0) is 55.2 Å². The lowest BCUT2D eigenvalue weighted by molar-refractivity contribution is 0.0702. The third kappa shape index (κ3) is 4.07. The van der Waals surface area contributed by atoms with Gasteiger partial charge >= 0.3 is 5.97 Å². The van der Waals surface area contributed by atoms with E-state index < -0.39 is 5.97 Å². The Balaban J connectivity index is 2.07. The van der Waals surface area contributed by atoms with Crippen LogP contribution in [-0.4, -0.2) is 36.1 Å². The predicted molar refractivity (Wildman–Crippen MR) is 110 cm³/mol. The molecule has 0 radical (unpaired) electrons. The number of hydrogen-bond donors (Lipinski definition) is 1. The summed E-state index contributed by atoms with van der Waals surface area (Å²) in [4.78, 5) is 16.0. The summed E-state index contributed by atoms with van der Waals surface area (Å²) in [5.74, 6) is 0.706. The van der Waals surface area contributed by atoms with Crippen LogP contribution in [0.15, 0.2) is 11.6 Å². The molecule has 26 heavy (non-hydrogen) atoms. The van der Waals surface area contributed by atoms with Gasteiger partial charge in [-0.25, -0.2) is 4.79 Å². The van der Waals surface area contributed by atoms with Crippen LogP contribution in [0, 0.1) is 11.8 Å². The summed E-state index contributed by atoms with van der Waals surface area (Å²) in [7, 11) is 2.15. The van der Waals surface area contributed by atoms with Crippen molar-refractivity contribution in [1.82, 2.24) is 4.90 Å². The van der Waals surface area contributed by atoms with E-state index in [9.17, 15) is 9.90 Å². The highest BCUT2D eigenvalue weighted by molar-refractivity contribution is 7.14. The third-order valence-electron chi connectivity index (χ3n) is 6.08. The average Bonchev–Trinajstić information content (AvgIpc) is 3.01. The zero-order valence-corrected chi connectivity index (χ0v) is 17.7. The Labute approximate surface area is 162 Å². The maximum absolute atomic E-state index is 12.0. The van der Waals surface area contributed by atoms with Crippen LogP contribution in [0.25, 0.3) is 5.57 Å². The van der Waals surface area contributed by atoms with E-state index in [0.29, 0.717) is 10.8 Å². The lowest BCUT2D eigenvalue weighted by atomic mass is 9.75. The molecule has 3 rings (SSSR count). The van der Waals surface area contributed by atoms with E-state index in [-0.39, 0.29) is 5.41 Å². The molecule has 1 saturated carbocycles. The molecule has 0 amide bonds. The molecular weight excluding hydrogens is 342 g/mol. The highest BCUT2D eigenvalue weighted by Gasteiger charge is 2.31. The van der Waals surface area contributed by atoms with Crippen molar-refractivity contribution in [2.75, 3.05) is 20.1 Å². The molecule has 3 nitrogen and oxygen atoms in total. The molecule has 0 aromatic carbocycles. The number of nitrogens with zero attached hydrogens (tertiary/aromatic N) is 1. The molecule has 1 aromatic rings. The molecule has 1 aliphatic heterocycles. The van der Waals surface area contributed by atoms with Crippen LogP contribution in [0.5, 0.6) is 0 Å². The highest BCUT2D eigenvalue weighted by Crippen LogP contribution is 2.43. The molecule has 4 heteroatoms. The topological polar surface area (TPSA) is 40.5 Å². The van der Waals surface area contributed by atoms with Crippen molar-refractivity contribution < 1.29 is 9.90 Å². The van der Waals surface area contributed by atoms with Crippen LogP contribution in [0.4, 0.5) is 0 Å². The van der Waals surface area contributed by atoms with Crippen molar-refractivity contribution >= 4 is 22.9 Å². The molecule has 0 atom stereocenters. The van der Waals surface area contributed by atoms with E-state index in [0.717, 1.165) is 31.0 Å². The molecule has 0 unspecified atom stereocenters. The maximum Gasteiger partial charge on any atom is 0.346 e. The summed E-state index contributed by atoms with van der Waals surface area (Å²) in [5.41, 5.74) is 3.83. The SMILES string of the molecule is CC1CCC(C2=C(c3cc(C(C)(C)C)sc3C(=O)O)CN(C)CC2)CC1. The number of carboxylic acid groups (broad SMARTS) is 1. The van der Waals surface area contributed by atoms with Crippen LogP contribution >= 0.6 is 11.3 Å². The smallest absolute Gasteiger partial charge is 0.346 e. The standard InChI is InChI=1S/C22H33NO2S/c1-14-6-8-15(9-7-14)16-10-11-23(5)13-18(16)17-12-19(22(2,3)4)26-20(17)21(24)25/h12,14-15H,6-11,13H2,1-5H3,(H,24,25). The second-order valence-electron chi connectivity index (χ2n) is 9.36. The zero-order chi connectivity index (χ0) is 19.1. The summed E-state index contributed by atoms with van der Waals surface area (Å²) in [5, 5.41) is 9.85. The van der Waals surface area contributed by atoms with Crippen molar-refractivity contribution in [1.29, 1.82) is 0 Å². The van der Waals surface area contributed by atoms with Gasteiger partial charge in [0.25, 0.3) is 0 Å². The fraction of sp³-hybridized carbons (Fsp3) is 0.682. The lowest BCUT2D eigenvalue weighted by Gasteiger charge is -2.35. The number of aromatic carboxylic acids is 1. The van der Waals surface area contributed by atoms with Gasteiger partial charge in [0.05, 0.1) is 0 Å². The normalized spacial score (nSPS) is 25.6. The van der Waals surface area contributed by atoms with Crippen LogP contribution < -0.4 is 0 Å². The molecule has 2 heterocycles. The molecular formula is C22H33NO2S. The van der Waals surface area contributed by atoms with Crippen molar-refractivity contribution in [2.24, 2.45) is 11.8 Å². The second-order valence-corrected chi connectivity index (χ2v) is 10.4. The first-order valence-electron chi connectivity index (χ1n) is 9.95. The van der Waals surface area contributed by atoms with Crippen molar-refractivity contribution in [2.45, 2.75) is 65.2 Å². The molecule has 144 valence electrons. The van der Waals surface area contributed by atoms with E-state index >= 15 is 0 Å². The number of likely N-dealkylation sites (N-methyl/N-ethyl adjacent to an activating group) is 1. The minimum Gasteiger partial charge on any atom is -0.477 e. The van der Waals surface area contributed by atoms with E-state index in [2.05, 4.69) is 45.7 Å². The predicted octanol–water partition coefficient (Wildman–Crippen LogP) is 5.66. The van der Waals surface area contributed by atoms with Crippen molar-refractivity contribution in [3.63, 3.8) is 0 Å². The second kappa shape index (κ2) is 7.47. The molecule has 1 aromatic heterocycles. The number of carbonyl (C=O) groups is 1. The Bertz CT molecular complexity index is 702. The number of thiophene rings is 1. The number of rotatable bonds is 3. The fourth-order valence-electron chi connectivity index (χ4n) is 4.37. The van der Waals surface area contributed by atoms with Crippen LogP contribution in [0.3, 0.4) is 0 Å². The van der Waals surface area contributed by atoms with Gasteiger partial charge < -0.3 is 10.0 Å². The lowest BCUT2D eigenvalue weighted by Crippen LogP contribution is -2.30. The Kier molecular flexibility index (Phi) is 5.64. The number of hydrogen-bond acceptors (Lipinski definition) is 3. The van der Waals surface area contributed by atoms with Crippen molar-refractivity contribution in [3.05, 3.63) is 27.0 Å². The Morgan fingerprint density at radius 2 is 1.88 bits per heavy atom. The van der Waals surface area contributed by atoms with Gasteiger partial charge in [-0.2, -0.15) is 0 Å². The van der Waals surface area contributed by atoms with Gasteiger partial charge in [-0.15, -0.1) is 11.3 Å². The van der Waals surface area contributed by atoms with E-state index in [1.165, 1.54) is 47.5 Å². The van der Waals surface area contributed by atoms with E-state index in [4.69, 9.17) is 0 Å². The molecule has 1 aliphatic carbocycles. The molecule has 0 spiro atoms. The highest BCUT2D eigenvalue weighted by atomic mass is 32.1. The van der Waals surface area contributed by atoms with E-state index in [1.54, 1.807) is 5.57 Å². The first-order valence-corrected chi connectivity index (χ1v) is 10.8. The minimum atomic E-state index is -0.780. The Hall–Kier alpha value is -1.13. The van der Waals surface area contributed by atoms with Gasteiger partial charge in [-0.3, -0.25) is 0 Å². The van der Waals surface area contributed by atoms with Gasteiger partial charge in [0.15, 0.2) is 0 Å². The Morgan fingerprint density at radius 3 is 2.46 bits per heavy atom. The maximum atomic E-state index is 12.0. The molecule has 0 saturated heterocycles. The van der Waals surface area contributed by atoms with Gasteiger partial charge in [0.1, 0.15) is 4.88 Å². The van der Waals surface area contributed by atoms with E-state index in [1.807, 2.05) is 0 Å². The summed E-state index contributed by atoms with van der Waals surface area (Å²) in [6.45, 7) is 10.8. The Morgan fingerprint density at radius 1 is 1.23 bits per heavy atom. The fourth-order valence-corrected chi connectivity index (χ4v) is 5.46. The average molecular weight is 376 g/mol. The summed E-state index contributed by atoms with van der Waals surface area (Å²) >= 11 is 1.47. The monoisotopic (exact) mass is 375 g/mol. The summed E-state index contributed by atoms with van der Waals surface area (Å²) in [6, 6.07) is 2.17. The minimum absolute atomic E-state index is 0.0192. The summed E-state index contributed by atoms with van der Waals surface area (Å²) in [6.07, 6.45) is 6.23. The number of carboxylic acids is 1. The third-order valence-corrected chi connectivity index (χ3v) is 7.63. The van der Waals surface area contributed by atoms with Crippen LogP contribution in [-0.2, 0) is 5.41 Å².